The molecule has 0 aromatic heterocycles. The van der Waals surface area contributed by atoms with Gasteiger partial charge in [-0.3, -0.25) is 0 Å². The maximum absolute atomic E-state index is 13.2. The molecular formula is C10H12BFO2. The van der Waals surface area contributed by atoms with Crippen LogP contribution in [0.4, 0.5) is 4.39 Å². The summed E-state index contributed by atoms with van der Waals surface area (Å²) in [6, 6.07) is 4.29. The molecule has 1 rings (SSSR count). The number of allylic oxidation sites excluding steroid dienone is 1. The molecule has 74 valence electrons. The van der Waals surface area contributed by atoms with Gasteiger partial charge < -0.3 is 10.0 Å². The molecule has 0 heterocycles. The number of hydrogen-bond acceptors (Lipinski definition) is 2. The first kappa shape index (κ1) is 11.0. The van der Waals surface area contributed by atoms with Crippen LogP contribution >= 0.6 is 0 Å². The van der Waals surface area contributed by atoms with Crippen LogP contribution in [0.5, 0.6) is 0 Å². The van der Waals surface area contributed by atoms with Crippen molar-refractivity contribution < 1.29 is 14.4 Å². The van der Waals surface area contributed by atoms with E-state index < -0.39 is 12.9 Å². The SMILES string of the molecule is CC/C=C\c1ccc(B(O)O)c(F)c1. The molecule has 1 aromatic rings. The van der Waals surface area contributed by atoms with E-state index in [1.165, 1.54) is 12.1 Å². The minimum absolute atomic E-state index is 0.0985. The molecule has 0 radical (unpaired) electrons. The van der Waals surface area contributed by atoms with Crippen LogP contribution in [0, 0.1) is 5.82 Å². The van der Waals surface area contributed by atoms with Crippen molar-refractivity contribution in [2.75, 3.05) is 0 Å². The van der Waals surface area contributed by atoms with Crippen molar-refractivity contribution in [3.05, 3.63) is 35.7 Å². The highest BCUT2D eigenvalue weighted by molar-refractivity contribution is 6.58. The van der Waals surface area contributed by atoms with Gasteiger partial charge in [0.1, 0.15) is 5.82 Å². The van der Waals surface area contributed by atoms with Crippen molar-refractivity contribution in [1.29, 1.82) is 0 Å². The Labute approximate surface area is 82.8 Å². The predicted octanol–water partition coefficient (Wildman–Crippen LogP) is 0.929. The van der Waals surface area contributed by atoms with Gasteiger partial charge in [-0.15, -0.1) is 0 Å². The first-order chi connectivity index (χ1) is 6.65. The van der Waals surface area contributed by atoms with Crippen molar-refractivity contribution in [2.24, 2.45) is 0 Å². The van der Waals surface area contributed by atoms with Crippen molar-refractivity contribution in [1.82, 2.24) is 0 Å². The van der Waals surface area contributed by atoms with Crippen LogP contribution in [0.2, 0.25) is 0 Å². The fourth-order valence-corrected chi connectivity index (χ4v) is 1.11. The van der Waals surface area contributed by atoms with Crippen molar-refractivity contribution >= 4 is 18.7 Å². The van der Waals surface area contributed by atoms with Crippen molar-refractivity contribution in [2.45, 2.75) is 13.3 Å². The van der Waals surface area contributed by atoms with Gasteiger partial charge in [-0.05, 0) is 18.1 Å². The molecule has 0 bridgehead atoms. The van der Waals surface area contributed by atoms with Gasteiger partial charge in [0.05, 0.1) is 0 Å². The highest BCUT2D eigenvalue weighted by atomic mass is 19.1. The van der Waals surface area contributed by atoms with Crippen LogP contribution in [-0.4, -0.2) is 17.2 Å². The van der Waals surface area contributed by atoms with Gasteiger partial charge in [-0.1, -0.05) is 31.2 Å². The Bertz CT molecular complexity index is 337. The van der Waals surface area contributed by atoms with Crippen LogP contribution < -0.4 is 5.46 Å². The van der Waals surface area contributed by atoms with E-state index in [1.807, 2.05) is 13.0 Å². The van der Waals surface area contributed by atoms with Crippen LogP contribution in [0.1, 0.15) is 18.9 Å². The Balaban J connectivity index is 2.94. The maximum Gasteiger partial charge on any atom is 0.491 e. The Morgan fingerprint density at radius 2 is 2.14 bits per heavy atom. The molecule has 0 unspecified atom stereocenters. The monoisotopic (exact) mass is 194 g/mol. The smallest absolute Gasteiger partial charge is 0.423 e. The lowest BCUT2D eigenvalue weighted by Crippen LogP contribution is -2.32. The second kappa shape index (κ2) is 4.93. The molecule has 2 N–H and O–H groups in total. The van der Waals surface area contributed by atoms with Gasteiger partial charge in [0, 0.05) is 5.46 Å². The Hall–Kier alpha value is -1.13. The van der Waals surface area contributed by atoms with Crippen molar-refractivity contribution in [3.8, 4) is 0 Å². The fourth-order valence-electron chi connectivity index (χ4n) is 1.11. The Morgan fingerprint density at radius 3 is 2.64 bits per heavy atom. The average Bonchev–Trinajstić information content (AvgIpc) is 2.14. The lowest BCUT2D eigenvalue weighted by molar-refractivity contribution is 0.423. The standard InChI is InChI=1S/C10H12BFO2/c1-2-3-4-8-5-6-9(11(13)14)10(12)7-8/h3-7,13-14H,2H2,1H3/b4-3-. The fraction of sp³-hybridized carbons (Fsp3) is 0.200. The zero-order valence-corrected chi connectivity index (χ0v) is 7.94. The van der Waals surface area contributed by atoms with Gasteiger partial charge >= 0.3 is 7.12 Å². The summed E-state index contributed by atoms with van der Waals surface area (Å²) in [7, 11) is -1.75. The summed E-state index contributed by atoms with van der Waals surface area (Å²) in [4.78, 5) is 0. The summed E-state index contributed by atoms with van der Waals surface area (Å²) >= 11 is 0. The first-order valence-electron chi connectivity index (χ1n) is 4.47. The summed E-state index contributed by atoms with van der Waals surface area (Å²) in [6.45, 7) is 1.98. The Kier molecular flexibility index (Phi) is 3.86. The quantitative estimate of drug-likeness (QED) is 0.702. The molecule has 0 saturated carbocycles. The van der Waals surface area contributed by atoms with Gasteiger partial charge in [-0.25, -0.2) is 4.39 Å². The second-order valence-electron chi connectivity index (χ2n) is 2.97. The van der Waals surface area contributed by atoms with E-state index in [0.29, 0.717) is 5.56 Å². The predicted molar refractivity (Wildman–Crippen MR) is 55.6 cm³/mol. The normalized spacial score (nSPS) is 10.9. The molecule has 0 aliphatic heterocycles. The van der Waals surface area contributed by atoms with E-state index in [9.17, 15) is 4.39 Å². The molecule has 0 saturated heterocycles. The summed E-state index contributed by atoms with van der Waals surface area (Å²) in [6.07, 6.45) is 4.58. The molecule has 0 atom stereocenters. The highest BCUT2D eigenvalue weighted by Gasteiger charge is 2.15. The first-order valence-corrected chi connectivity index (χ1v) is 4.47. The molecule has 14 heavy (non-hydrogen) atoms. The molecule has 4 heteroatoms. The molecule has 0 spiro atoms. The number of halogens is 1. The van der Waals surface area contributed by atoms with Gasteiger partial charge in [0.25, 0.3) is 0 Å². The molecule has 0 amide bonds. The summed E-state index contributed by atoms with van der Waals surface area (Å²) < 4.78 is 13.2. The highest BCUT2D eigenvalue weighted by Crippen LogP contribution is 2.05. The molecule has 0 aliphatic carbocycles. The maximum atomic E-state index is 13.2. The van der Waals surface area contributed by atoms with Crippen LogP contribution in [-0.2, 0) is 0 Å². The van der Waals surface area contributed by atoms with E-state index >= 15 is 0 Å². The van der Waals surface area contributed by atoms with Gasteiger partial charge in [0.15, 0.2) is 0 Å². The number of rotatable bonds is 3. The zero-order valence-electron chi connectivity index (χ0n) is 7.94. The third-order valence-corrected chi connectivity index (χ3v) is 1.85. The van der Waals surface area contributed by atoms with Crippen LogP contribution in [0.3, 0.4) is 0 Å². The van der Waals surface area contributed by atoms with Crippen molar-refractivity contribution in [3.63, 3.8) is 0 Å². The van der Waals surface area contributed by atoms with E-state index in [2.05, 4.69) is 0 Å². The minimum atomic E-state index is -1.75. The van der Waals surface area contributed by atoms with Gasteiger partial charge in [0.2, 0.25) is 0 Å². The lowest BCUT2D eigenvalue weighted by Gasteiger charge is -2.02. The van der Waals surface area contributed by atoms with E-state index in [4.69, 9.17) is 10.0 Å². The molecule has 1 aromatic carbocycles. The van der Waals surface area contributed by atoms with E-state index in [0.717, 1.165) is 6.42 Å². The minimum Gasteiger partial charge on any atom is -0.423 e. The summed E-state index contributed by atoms with van der Waals surface area (Å²) in [5.41, 5.74) is 0.618. The molecule has 2 nitrogen and oxygen atoms in total. The van der Waals surface area contributed by atoms with Gasteiger partial charge in [-0.2, -0.15) is 0 Å². The molecule has 0 aliphatic rings. The van der Waals surface area contributed by atoms with E-state index in [-0.39, 0.29) is 5.46 Å². The third kappa shape index (κ3) is 2.68. The second-order valence-corrected chi connectivity index (χ2v) is 2.97. The molecular weight excluding hydrogens is 182 g/mol. The van der Waals surface area contributed by atoms with E-state index in [1.54, 1.807) is 12.1 Å². The van der Waals surface area contributed by atoms with Crippen LogP contribution in [0.25, 0.3) is 6.08 Å². The largest absolute Gasteiger partial charge is 0.491 e. The topological polar surface area (TPSA) is 40.5 Å². The zero-order chi connectivity index (χ0) is 10.6. The Morgan fingerprint density at radius 1 is 1.43 bits per heavy atom. The summed E-state index contributed by atoms with van der Waals surface area (Å²) in [5, 5.41) is 17.5. The third-order valence-electron chi connectivity index (χ3n) is 1.85. The van der Waals surface area contributed by atoms with Crippen LogP contribution in [0.15, 0.2) is 24.3 Å². The number of hydrogen-bond donors (Lipinski definition) is 2. The summed E-state index contributed by atoms with van der Waals surface area (Å²) in [5.74, 6) is -0.599. The lowest BCUT2D eigenvalue weighted by atomic mass is 9.79. The average molecular weight is 194 g/mol. The molecule has 0 fully saturated rings. The number of benzene rings is 1.